The third-order valence-electron chi connectivity index (χ3n) is 3.07. The molecule has 1 aromatic carbocycles. The summed E-state index contributed by atoms with van der Waals surface area (Å²) in [6, 6.07) is 4.38. The molecule has 23 heavy (non-hydrogen) atoms. The first-order valence-electron chi connectivity index (χ1n) is 7.30. The number of sulfonamides is 1. The van der Waals surface area contributed by atoms with Gasteiger partial charge in [-0.1, -0.05) is 20.8 Å². The second kappa shape index (κ2) is 8.07. The van der Waals surface area contributed by atoms with Gasteiger partial charge in [0.2, 0.25) is 15.9 Å². The standard InChI is InChI=1S/C15H22N2O5S/c1-4-14(18)16-11-5-7-12(8-6-11)23(21,22)17-13(15(19)20)9-10(2)3/h5-8,10,13,17H,4,9H2,1-3H3,(H,16,18)(H,19,20). The van der Waals surface area contributed by atoms with Crippen LogP contribution < -0.4 is 10.0 Å². The molecular formula is C15H22N2O5S. The Hall–Kier alpha value is -1.93. The van der Waals surface area contributed by atoms with Gasteiger partial charge in [0.1, 0.15) is 6.04 Å². The summed E-state index contributed by atoms with van der Waals surface area (Å²) in [7, 11) is -3.94. The molecule has 0 fully saturated rings. The Morgan fingerprint density at radius 1 is 1.17 bits per heavy atom. The Balaban J connectivity index is 2.90. The molecule has 1 aromatic rings. The fourth-order valence-corrected chi connectivity index (χ4v) is 3.09. The fraction of sp³-hybridized carbons (Fsp3) is 0.467. The minimum atomic E-state index is -3.94. The third-order valence-corrected chi connectivity index (χ3v) is 4.56. The smallest absolute Gasteiger partial charge is 0.321 e. The second-order valence-electron chi connectivity index (χ2n) is 5.57. The Labute approximate surface area is 136 Å². The topological polar surface area (TPSA) is 113 Å². The van der Waals surface area contributed by atoms with Crippen LogP contribution in [0.3, 0.4) is 0 Å². The number of amides is 1. The summed E-state index contributed by atoms with van der Waals surface area (Å²) in [6.45, 7) is 5.34. The van der Waals surface area contributed by atoms with E-state index in [9.17, 15) is 18.0 Å². The molecule has 1 rings (SSSR count). The minimum Gasteiger partial charge on any atom is -0.480 e. The molecule has 0 spiro atoms. The number of carbonyl (C=O) groups is 2. The SMILES string of the molecule is CCC(=O)Nc1ccc(S(=O)(=O)NC(CC(C)C)C(=O)O)cc1. The fourth-order valence-electron chi connectivity index (χ4n) is 1.89. The summed E-state index contributed by atoms with van der Waals surface area (Å²) in [4.78, 5) is 22.4. The van der Waals surface area contributed by atoms with Gasteiger partial charge in [0.15, 0.2) is 0 Å². The molecule has 3 N–H and O–H groups in total. The average molecular weight is 342 g/mol. The summed E-state index contributed by atoms with van der Waals surface area (Å²) in [5.41, 5.74) is 0.479. The molecular weight excluding hydrogens is 320 g/mol. The molecule has 0 saturated carbocycles. The first-order chi connectivity index (χ1) is 10.7. The number of aliphatic carboxylic acids is 1. The van der Waals surface area contributed by atoms with Gasteiger partial charge in [0.25, 0.3) is 0 Å². The number of anilines is 1. The predicted molar refractivity (Wildman–Crippen MR) is 86.6 cm³/mol. The van der Waals surface area contributed by atoms with Gasteiger partial charge in [-0.25, -0.2) is 8.42 Å². The zero-order chi connectivity index (χ0) is 17.6. The van der Waals surface area contributed by atoms with Crippen LogP contribution >= 0.6 is 0 Å². The number of carbonyl (C=O) groups excluding carboxylic acids is 1. The van der Waals surface area contributed by atoms with Gasteiger partial charge in [-0.05, 0) is 36.6 Å². The molecule has 0 bridgehead atoms. The predicted octanol–water partition coefficient (Wildman–Crippen LogP) is 1.81. The van der Waals surface area contributed by atoms with E-state index in [-0.39, 0.29) is 23.1 Å². The highest BCUT2D eigenvalue weighted by Crippen LogP contribution is 2.16. The number of hydrogen-bond acceptors (Lipinski definition) is 4. The highest BCUT2D eigenvalue weighted by atomic mass is 32.2. The van der Waals surface area contributed by atoms with Crippen molar-refractivity contribution in [3.63, 3.8) is 0 Å². The summed E-state index contributed by atoms with van der Waals surface area (Å²) >= 11 is 0. The lowest BCUT2D eigenvalue weighted by atomic mass is 10.1. The molecule has 1 atom stereocenters. The van der Waals surface area contributed by atoms with Gasteiger partial charge in [-0.15, -0.1) is 0 Å². The van der Waals surface area contributed by atoms with Crippen LogP contribution in [0.1, 0.15) is 33.6 Å². The van der Waals surface area contributed by atoms with Crippen LogP contribution in [0.2, 0.25) is 0 Å². The third kappa shape index (κ3) is 5.99. The maximum atomic E-state index is 12.3. The van der Waals surface area contributed by atoms with E-state index in [1.807, 2.05) is 13.8 Å². The Morgan fingerprint density at radius 3 is 2.17 bits per heavy atom. The van der Waals surface area contributed by atoms with E-state index in [4.69, 9.17) is 5.11 Å². The molecule has 0 aliphatic heterocycles. The molecule has 0 aliphatic carbocycles. The van der Waals surface area contributed by atoms with Crippen molar-refractivity contribution in [3.05, 3.63) is 24.3 Å². The summed E-state index contributed by atoms with van der Waals surface area (Å²) in [6.07, 6.45) is 0.510. The summed E-state index contributed by atoms with van der Waals surface area (Å²) in [5, 5.41) is 11.7. The van der Waals surface area contributed by atoms with E-state index in [1.165, 1.54) is 24.3 Å². The summed E-state index contributed by atoms with van der Waals surface area (Å²) < 4.78 is 26.7. The Kier molecular flexibility index (Phi) is 6.71. The first-order valence-corrected chi connectivity index (χ1v) is 8.79. The molecule has 0 heterocycles. The van der Waals surface area contributed by atoms with Gasteiger partial charge < -0.3 is 10.4 Å². The molecule has 0 aliphatic rings. The number of carboxylic acid groups (broad SMARTS) is 1. The number of carboxylic acids is 1. The molecule has 7 nitrogen and oxygen atoms in total. The minimum absolute atomic E-state index is 0.0328. The quantitative estimate of drug-likeness (QED) is 0.667. The lowest BCUT2D eigenvalue weighted by Crippen LogP contribution is -2.41. The van der Waals surface area contributed by atoms with Gasteiger partial charge >= 0.3 is 5.97 Å². The van der Waals surface area contributed by atoms with Crippen molar-refractivity contribution in [2.75, 3.05) is 5.32 Å². The van der Waals surface area contributed by atoms with Crippen molar-refractivity contribution in [3.8, 4) is 0 Å². The zero-order valence-corrected chi connectivity index (χ0v) is 14.2. The monoisotopic (exact) mass is 342 g/mol. The van der Waals surface area contributed by atoms with E-state index in [0.29, 0.717) is 12.1 Å². The van der Waals surface area contributed by atoms with Gasteiger partial charge in [0, 0.05) is 12.1 Å². The number of rotatable bonds is 8. The molecule has 128 valence electrons. The normalized spacial score (nSPS) is 12.9. The van der Waals surface area contributed by atoms with Crippen LogP contribution in [-0.2, 0) is 19.6 Å². The highest BCUT2D eigenvalue weighted by molar-refractivity contribution is 7.89. The van der Waals surface area contributed by atoms with Crippen molar-refractivity contribution in [2.45, 2.75) is 44.6 Å². The van der Waals surface area contributed by atoms with Crippen LogP contribution in [0.5, 0.6) is 0 Å². The van der Waals surface area contributed by atoms with Crippen LogP contribution in [0.25, 0.3) is 0 Å². The molecule has 0 aromatic heterocycles. The average Bonchev–Trinajstić information content (AvgIpc) is 2.46. The van der Waals surface area contributed by atoms with Crippen LogP contribution in [0.4, 0.5) is 5.69 Å². The van der Waals surface area contributed by atoms with E-state index in [2.05, 4.69) is 10.0 Å². The Morgan fingerprint density at radius 2 is 1.74 bits per heavy atom. The van der Waals surface area contributed by atoms with Crippen molar-refractivity contribution >= 4 is 27.6 Å². The van der Waals surface area contributed by atoms with Gasteiger partial charge in [0.05, 0.1) is 4.90 Å². The van der Waals surface area contributed by atoms with E-state index in [1.54, 1.807) is 6.92 Å². The van der Waals surface area contributed by atoms with Crippen molar-refractivity contribution in [1.29, 1.82) is 0 Å². The van der Waals surface area contributed by atoms with Crippen LogP contribution in [0, 0.1) is 5.92 Å². The first kappa shape index (κ1) is 19.1. The Bertz CT molecular complexity index is 653. The van der Waals surface area contributed by atoms with Crippen LogP contribution in [0.15, 0.2) is 29.2 Å². The van der Waals surface area contributed by atoms with E-state index < -0.39 is 22.0 Å². The number of benzene rings is 1. The highest BCUT2D eigenvalue weighted by Gasteiger charge is 2.26. The second-order valence-corrected chi connectivity index (χ2v) is 7.28. The van der Waals surface area contributed by atoms with E-state index >= 15 is 0 Å². The molecule has 1 amide bonds. The summed E-state index contributed by atoms with van der Waals surface area (Å²) in [5.74, 6) is -1.36. The largest absolute Gasteiger partial charge is 0.480 e. The van der Waals surface area contributed by atoms with Crippen molar-refractivity contribution in [2.24, 2.45) is 5.92 Å². The molecule has 0 radical (unpaired) electrons. The van der Waals surface area contributed by atoms with Crippen LogP contribution in [-0.4, -0.2) is 31.4 Å². The van der Waals surface area contributed by atoms with E-state index in [0.717, 1.165) is 0 Å². The van der Waals surface area contributed by atoms with Gasteiger partial charge in [-0.2, -0.15) is 4.72 Å². The lowest BCUT2D eigenvalue weighted by Gasteiger charge is -2.16. The van der Waals surface area contributed by atoms with Gasteiger partial charge in [-0.3, -0.25) is 9.59 Å². The van der Waals surface area contributed by atoms with Crippen molar-refractivity contribution in [1.82, 2.24) is 4.72 Å². The lowest BCUT2D eigenvalue weighted by molar-refractivity contribution is -0.139. The zero-order valence-electron chi connectivity index (χ0n) is 13.4. The molecule has 0 saturated heterocycles. The molecule has 8 heteroatoms. The maximum absolute atomic E-state index is 12.3. The van der Waals surface area contributed by atoms with Crippen molar-refractivity contribution < 1.29 is 23.1 Å². The number of nitrogens with one attached hydrogen (secondary N) is 2. The molecule has 1 unspecified atom stereocenters. The number of hydrogen-bond donors (Lipinski definition) is 3. The maximum Gasteiger partial charge on any atom is 0.321 e.